The van der Waals surface area contributed by atoms with Gasteiger partial charge in [0.2, 0.25) is 10.0 Å². The fraction of sp³-hybridized carbons (Fsp3) is 0.571. The lowest BCUT2D eigenvalue weighted by Crippen LogP contribution is -2.39. The standard InChI is InChI=1S/C14H24N2O3S/c1-10(2)9-16(11(3)4)20(17,18)12-6-7-13(15)14(8-12)19-5/h6-8,10-11H,9,15H2,1-5H3. The van der Waals surface area contributed by atoms with E-state index in [9.17, 15) is 8.42 Å². The van der Waals surface area contributed by atoms with E-state index in [-0.39, 0.29) is 16.9 Å². The molecule has 114 valence electrons. The van der Waals surface area contributed by atoms with Crippen molar-refractivity contribution in [2.45, 2.75) is 38.6 Å². The van der Waals surface area contributed by atoms with Gasteiger partial charge in [0.1, 0.15) is 5.75 Å². The average Bonchev–Trinajstić information content (AvgIpc) is 2.35. The summed E-state index contributed by atoms with van der Waals surface area (Å²) >= 11 is 0. The van der Waals surface area contributed by atoms with Gasteiger partial charge in [0.05, 0.1) is 17.7 Å². The third kappa shape index (κ3) is 3.64. The van der Waals surface area contributed by atoms with Crippen molar-refractivity contribution in [3.8, 4) is 5.75 Å². The topological polar surface area (TPSA) is 72.6 Å². The molecule has 1 aromatic rings. The predicted octanol–water partition coefficient (Wildman–Crippen LogP) is 2.33. The summed E-state index contributed by atoms with van der Waals surface area (Å²) in [6.07, 6.45) is 0. The van der Waals surface area contributed by atoms with Crippen LogP contribution in [0.1, 0.15) is 27.7 Å². The number of nitrogens with zero attached hydrogens (tertiary/aromatic N) is 1. The number of anilines is 1. The van der Waals surface area contributed by atoms with Gasteiger partial charge < -0.3 is 10.5 Å². The first-order chi connectivity index (χ1) is 9.20. The second kappa shape index (κ2) is 6.45. The van der Waals surface area contributed by atoms with Crippen LogP contribution in [-0.2, 0) is 10.0 Å². The first kappa shape index (κ1) is 16.8. The Labute approximate surface area is 121 Å². The summed E-state index contributed by atoms with van der Waals surface area (Å²) in [6.45, 7) is 8.21. The third-order valence-corrected chi connectivity index (χ3v) is 4.97. The van der Waals surface area contributed by atoms with Crippen molar-refractivity contribution >= 4 is 15.7 Å². The zero-order chi connectivity index (χ0) is 15.5. The Bertz CT molecular complexity index is 554. The monoisotopic (exact) mass is 300 g/mol. The summed E-state index contributed by atoms with van der Waals surface area (Å²) in [5.74, 6) is 0.627. The molecule has 20 heavy (non-hydrogen) atoms. The summed E-state index contributed by atoms with van der Waals surface area (Å²) in [4.78, 5) is 0.206. The number of nitrogens with two attached hydrogens (primary N) is 1. The first-order valence-electron chi connectivity index (χ1n) is 6.65. The zero-order valence-corrected chi connectivity index (χ0v) is 13.6. The normalized spacial score (nSPS) is 12.4. The molecule has 0 amide bonds. The summed E-state index contributed by atoms with van der Waals surface area (Å²) in [6, 6.07) is 4.44. The molecule has 0 heterocycles. The molecule has 0 fully saturated rings. The number of sulfonamides is 1. The predicted molar refractivity (Wildman–Crippen MR) is 81.3 cm³/mol. The quantitative estimate of drug-likeness (QED) is 0.818. The second-order valence-corrected chi connectivity index (χ2v) is 7.36. The molecular formula is C14H24N2O3S. The van der Waals surface area contributed by atoms with Crippen molar-refractivity contribution in [1.29, 1.82) is 0 Å². The molecule has 5 nitrogen and oxygen atoms in total. The van der Waals surface area contributed by atoms with E-state index in [1.54, 1.807) is 6.07 Å². The van der Waals surface area contributed by atoms with Gasteiger partial charge in [-0.15, -0.1) is 0 Å². The molecule has 0 aliphatic heterocycles. The van der Waals surface area contributed by atoms with Crippen molar-refractivity contribution < 1.29 is 13.2 Å². The molecule has 0 radical (unpaired) electrons. The van der Waals surface area contributed by atoms with Crippen LogP contribution in [-0.4, -0.2) is 32.4 Å². The molecule has 0 aliphatic rings. The fourth-order valence-corrected chi connectivity index (χ4v) is 3.75. The van der Waals surface area contributed by atoms with Crippen molar-refractivity contribution in [1.82, 2.24) is 4.31 Å². The van der Waals surface area contributed by atoms with E-state index < -0.39 is 10.0 Å². The minimum atomic E-state index is -3.55. The van der Waals surface area contributed by atoms with Gasteiger partial charge >= 0.3 is 0 Å². The number of methoxy groups -OCH3 is 1. The maximum Gasteiger partial charge on any atom is 0.243 e. The fourth-order valence-electron chi connectivity index (χ4n) is 1.93. The van der Waals surface area contributed by atoms with Crippen LogP contribution in [0.4, 0.5) is 5.69 Å². The van der Waals surface area contributed by atoms with Crippen LogP contribution in [0.3, 0.4) is 0 Å². The van der Waals surface area contributed by atoms with E-state index in [1.165, 1.54) is 23.5 Å². The summed E-state index contributed by atoms with van der Waals surface area (Å²) in [7, 11) is -2.08. The van der Waals surface area contributed by atoms with E-state index in [0.717, 1.165) is 0 Å². The van der Waals surface area contributed by atoms with Gasteiger partial charge in [0, 0.05) is 18.7 Å². The van der Waals surface area contributed by atoms with Crippen LogP contribution in [0.2, 0.25) is 0 Å². The number of hydrogen-bond donors (Lipinski definition) is 1. The number of hydrogen-bond acceptors (Lipinski definition) is 4. The van der Waals surface area contributed by atoms with Crippen LogP contribution in [0.15, 0.2) is 23.1 Å². The van der Waals surface area contributed by atoms with Gasteiger partial charge in [-0.3, -0.25) is 0 Å². The van der Waals surface area contributed by atoms with Crippen LogP contribution in [0.25, 0.3) is 0 Å². The molecule has 0 aliphatic carbocycles. The Balaban J connectivity index is 3.26. The molecular weight excluding hydrogens is 276 g/mol. The number of benzene rings is 1. The largest absolute Gasteiger partial charge is 0.495 e. The van der Waals surface area contributed by atoms with Gasteiger partial charge in [-0.25, -0.2) is 8.42 Å². The smallest absolute Gasteiger partial charge is 0.243 e. The van der Waals surface area contributed by atoms with Crippen molar-refractivity contribution in [3.63, 3.8) is 0 Å². The lowest BCUT2D eigenvalue weighted by molar-refractivity contribution is 0.318. The Hall–Kier alpha value is -1.27. The molecule has 1 rings (SSSR count). The van der Waals surface area contributed by atoms with Crippen LogP contribution in [0, 0.1) is 5.92 Å². The molecule has 0 saturated heterocycles. The number of rotatable bonds is 6. The zero-order valence-electron chi connectivity index (χ0n) is 12.8. The Morgan fingerprint density at radius 2 is 1.85 bits per heavy atom. The van der Waals surface area contributed by atoms with Gasteiger partial charge in [-0.2, -0.15) is 4.31 Å². The van der Waals surface area contributed by atoms with Crippen molar-refractivity contribution in [3.05, 3.63) is 18.2 Å². The Morgan fingerprint density at radius 1 is 1.25 bits per heavy atom. The SMILES string of the molecule is COc1cc(S(=O)(=O)N(CC(C)C)C(C)C)ccc1N. The van der Waals surface area contributed by atoms with Crippen LogP contribution < -0.4 is 10.5 Å². The van der Waals surface area contributed by atoms with Crippen molar-refractivity contribution in [2.75, 3.05) is 19.4 Å². The average molecular weight is 300 g/mol. The lowest BCUT2D eigenvalue weighted by Gasteiger charge is -2.27. The summed E-state index contributed by atoms with van der Waals surface area (Å²) in [5, 5.41) is 0. The van der Waals surface area contributed by atoms with E-state index in [2.05, 4.69) is 0 Å². The van der Waals surface area contributed by atoms with Gasteiger partial charge in [0.25, 0.3) is 0 Å². The van der Waals surface area contributed by atoms with Crippen molar-refractivity contribution in [2.24, 2.45) is 5.92 Å². The maximum atomic E-state index is 12.7. The molecule has 1 aromatic carbocycles. The number of ether oxygens (including phenoxy) is 1. The van der Waals surface area contributed by atoms with Crippen LogP contribution >= 0.6 is 0 Å². The van der Waals surface area contributed by atoms with Gasteiger partial charge in [-0.1, -0.05) is 13.8 Å². The highest BCUT2D eigenvalue weighted by atomic mass is 32.2. The van der Waals surface area contributed by atoms with Crippen LogP contribution in [0.5, 0.6) is 5.75 Å². The first-order valence-corrected chi connectivity index (χ1v) is 8.09. The minimum Gasteiger partial charge on any atom is -0.495 e. The van der Waals surface area contributed by atoms with E-state index in [4.69, 9.17) is 10.5 Å². The molecule has 6 heteroatoms. The van der Waals surface area contributed by atoms with Gasteiger partial charge in [-0.05, 0) is 31.9 Å². The molecule has 0 bridgehead atoms. The Kier molecular flexibility index (Phi) is 5.42. The highest BCUT2D eigenvalue weighted by molar-refractivity contribution is 7.89. The maximum absolute atomic E-state index is 12.7. The third-order valence-electron chi connectivity index (χ3n) is 2.93. The second-order valence-electron chi connectivity index (χ2n) is 5.47. The molecule has 2 N–H and O–H groups in total. The van der Waals surface area contributed by atoms with E-state index in [1.807, 2.05) is 27.7 Å². The molecule has 0 unspecified atom stereocenters. The molecule has 0 aromatic heterocycles. The number of nitrogen functional groups attached to an aromatic ring is 1. The van der Waals surface area contributed by atoms with E-state index in [0.29, 0.717) is 18.0 Å². The molecule has 0 saturated carbocycles. The minimum absolute atomic E-state index is 0.106. The summed E-state index contributed by atoms with van der Waals surface area (Å²) in [5.41, 5.74) is 6.15. The Morgan fingerprint density at radius 3 is 2.30 bits per heavy atom. The van der Waals surface area contributed by atoms with E-state index >= 15 is 0 Å². The highest BCUT2D eigenvalue weighted by Gasteiger charge is 2.28. The highest BCUT2D eigenvalue weighted by Crippen LogP contribution is 2.27. The summed E-state index contributed by atoms with van der Waals surface area (Å²) < 4.78 is 32.0. The van der Waals surface area contributed by atoms with Gasteiger partial charge in [0.15, 0.2) is 0 Å². The lowest BCUT2D eigenvalue weighted by atomic mass is 10.2. The molecule has 0 atom stereocenters. The molecule has 0 spiro atoms.